The summed E-state index contributed by atoms with van der Waals surface area (Å²) in [4.78, 5) is 12.9. The van der Waals surface area contributed by atoms with E-state index >= 15 is 0 Å². The summed E-state index contributed by atoms with van der Waals surface area (Å²) in [7, 11) is 0. The molecular formula is C24H28ClN7O. The molecule has 1 saturated carbocycles. The zero-order chi connectivity index (χ0) is 23.4. The third-order valence-corrected chi connectivity index (χ3v) is 6.51. The van der Waals surface area contributed by atoms with E-state index in [1.54, 1.807) is 12.5 Å². The normalized spacial score (nSPS) is 19.6. The lowest BCUT2D eigenvalue weighted by atomic mass is 9.73. The van der Waals surface area contributed by atoms with Crippen LogP contribution in [-0.2, 0) is 6.42 Å². The number of aromatic nitrogens is 4. The predicted molar refractivity (Wildman–Crippen MR) is 129 cm³/mol. The molecule has 172 valence electrons. The van der Waals surface area contributed by atoms with Crippen LogP contribution in [0.4, 0.5) is 11.8 Å². The standard InChI is InChI=1S/C24H28ClN7O/c1-24(2)12-18(4-6-21(24)33)30-22-17(13-26)14-29-23(31-22)28-8-7-16-3-5-20(19(25)11-16)32-10-9-27-15-32/h3,5,9-11,14-15,18,21,33H,4,6-8,12H2,1-2H3,(H2,28,29,30,31)/t18-,21+/m1/s1. The van der Waals surface area contributed by atoms with E-state index in [2.05, 4.69) is 45.5 Å². The highest BCUT2D eigenvalue weighted by molar-refractivity contribution is 6.32. The van der Waals surface area contributed by atoms with Gasteiger partial charge >= 0.3 is 0 Å². The van der Waals surface area contributed by atoms with Gasteiger partial charge in [-0.3, -0.25) is 0 Å². The number of nitrogens with zero attached hydrogens (tertiary/aromatic N) is 5. The molecule has 2 atom stereocenters. The van der Waals surface area contributed by atoms with Gasteiger partial charge in [-0.1, -0.05) is 31.5 Å². The van der Waals surface area contributed by atoms with Gasteiger partial charge in [0.15, 0.2) is 0 Å². The number of halogens is 1. The lowest BCUT2D eigenvalue weighted by molar-refractivity contribution is 0.00926. The van der Waals surface area contributed by atoms with Gasteiger partial charge in [0.25, 0.3) is 0 Å². The Hall–Kier alpha value is -3.15. The third kappa shape index (κ3) is 5.44. The molecule has 33 heavy (non-hydrogen) atoms. The summed E-state index contributed by atoms with van der Waals surface area (Å²) in [5.41, 5.74) is 2.21. The molecule has 2 heterocycles. The number of aliphatic hydroxyl groups is 1. The Kier molecular flexibility index (Phi) is 6.82. The van der Waals surface area contributed by atoms with E-state index in [1.807, 2.05) is 29.0 Å². The van der Waals surface area contributed by atoms with E-state index in [1.165, 1.54) is 6.20 Å². The Morgan fingerprint density at radius 3 is 2.88 bits per heavy atom. The van der Waals surface area contributed by atoms with E-state index in [-0.39, 0.29) is 17.6 Å². The van der Waals surface area contributed by atoms with Gasteiger partial charge in [0.05, 0.1) is 29.3 Å². The molecule has 0 bridgehead atoms. The first kappa shape index (κ1) is 23.0. The maximum atomic E-state index is 10.2. The quantitative estimate of drug-likeness (QED) is 0.479. The molecule has 3 N–H and O–H groups in total. The highest BCUT2D eigenvalue weighted by atomic mass is 35.5. The second kappa shape index (κ2) is 9.77. The van der Waals surface area contributed by atoms with Crippen molar-refractivity contribution in [1.82, 2.24) is 19.5 Å². The van der Waals surface area contributed by atoms with Crippen LogP contribution in [0.5, 0.6) is 0 Å². The van der Waals surface area contributed by atoms with Crippen LogP contribution in [-0.4, -0.2) is 43.3 Å². The van der Waals surface area contributed by atoms with Crippen molar-refractivity contribution >= 4 is 23.4 Å². The lowest BCUT2D eigenvalue weighted by Gasteiger charge is -2.40. The third-order valence-electron chi connectivity index (χ3n) is 6.20. The fraction of sp³-hybridized carbons (Fsp3) is 0.417. The van der Waals surface area contributed by atoms with E-state index in [4.69, 9.17) is 11.6 Å². The van der Waals surface area contributed by atoms with Gasteiger partial charge in [-0.15, -0.1) is 0 Å². The van der Waals surface area contributed by atoms with Gasteiger partial charge in [0.2, 0.25) is 5.95 Å². The molecule has 1 aliphatic rings. The van der Waals surface area contributed by atoms with Crippen LogP contribution in [0.2, 0.25) is 5.02 Å². The van der Waals surface area contributed by atoms with Crippen molar-refractivity contribution in [2.45, 2.75) is 51.7 Å². The molecular weight excluding hydrogens is 438 g/mol. The van der Waals surface area contributed by atoms with Crippen molar-refractivity contribution in [3.63, 3.8) is 0 Å². The molecule has 1 aliphatic carbocycles. The minimum atomic E-state index is -0.309. The number of rotatable bonds is 7. The Morgan fingerprint density at radius 1 is 1.33 bits per heavy atom. The molecule has 1 fully saturated rings. The molecule has 1 aromatic carbocycles. The highest BCUT2D eigenvalue weighted by Gasteiger charge is 2.35. The summed E-state index contributed by atoms with van der Waals surface area (Å²) in [5.74, 6) is 0.993. The minimum Gasteiger partial charge on any atom is -0.393 e. The fourth-order valence-corrected chi connectivity index (χ4v) is 4.53. The summed E-state index contributed by atoms with van der Waals surface area (Å²) in [6, 6.07) is 8.27. The van der Waals surface area contributed by atoms with E-state index in [0.717, 1.165) is 36.9 Å². The van der Waals surface area contributed by atoms with Gasteiger partial charge in [0.1, 0.15) is 17.5 Å². The van der Waals surface area contributed by atoms with E-state index < -0.39 is 0 Å². The lowest BCUT2D eigenvalue weighted by Crippen LogP contribution is -2.41. The molecule has 0 radical (unpaired) electrons. The first-order valence-electron chi connectivity index (χ1n) is 11.1. The van der Waals surface area contributed by atoms with Gasteiger partial charge in [-0.2, -0.15) is 10.2 Å². The molecule has 9 heteroatoms. The minimum absolute atomic E-state index is 0.148. The summed E-state index contributed by atoms with van der Waals surface area (Å²) in [5, 5.41) is 27.0. The number of nitriles is 1. The molecule has 2 aromatic heterocycles. The average molecular weight is 466 g/mol. The first-order valence-corrected chi connectivity index (χ1v) is 11.5. The number of aliphatic hydroxyl groups excluding tert-OH is 1. The maximum Gasteiger partial charge on any atom is 0.224 e. The van der Waals surface area contributed by atoms with Crippen LogP contribution in [0, 0.1) is 16.7 Å². The molecule has 3 aromatic rings. The van der Waals surface area contributed by atoms with Crippen LogP contribution in [0.25, 0.3) is 5.69 Å². The van der Waals surface area contributed by atoms with Gasteiger partial charge < -0.3 is 20.3 Å². The van der Waals surface area contributed by atoms with Crippen LogP contribution >= 0.6 is 11.6 Å². The molecule has 0 spiro atoms. The highest BCUT2D eigenvalue weighted by Crippen LogP contribution is 2.37. The van der Waals surface area contributed by atoms with Gasteiger partial charge in [-0.25, -0.2) is 9.97 Å². The number of hydrogen-bond donors (Lipinski definition) is 3. The predicted octanol–water partition coefficient (Wildman–Crippen LogP) is 4.19. The van der Waals surface area contributed by atoms with Crippen molar-refractivity contribution in [3.8, 4) is 11.8 Å². The van der Waals surface area contributed by atoms with Crippen LogP contribution < -0.4 is 10.6 Å². The molecule has 0 unspecified atom stereocenters. The van der Waals surface area contributed by atoms with Crippen molar-refractivity contribution in [1.29, 1.82) is 5.26 Å². The second-order valence-electron chi connectivity index (χ2n) is 9.13. The van der Waals surface area contributed by atoms with Crippen molar-refractivity contribution in [2.75, 3.05) is 17.2 Å². The Bertz CT molecular complexity index is 1140. The molecule has 8 nitrogen and oxygen atoms in total. The zero-order valence-electron chi connectivity index (χ0n) is 18.8. The fourth-order valence-electron chi connectivity index (χ4n) is 4.23. The van der Waals surface area contributed by atoms with E-state index in [9.17, 15) is 10.4 Å². The smallest absolute Gasteiger partial charge is 0.224 e. The zero-order valence-corrected chi connectivity index (χ0v) is 19.5. The topological polar surface area (TPSA) is 112 Å². The van der Waals surface area contributed by atoms with Crippen LogP contribution in [0.3, 0.4) is 0 Å². The number of hydrogen-bond acceptors (Lipinski definition) is 7. The monoisotopic (exact) mass is 465 g/mol. The van der Waals surface area contributed by atoms with Crippen molar-refractivity contribution in [2.24, 2.45) is 5.41 Å². The molecule has 0 amide bonds. The summed E-state index contributed by atoms with van der Waals surface area (Å²) in [6.45, 7) is 4.75. The molecule has 0 aliphatic heterocycles. The van der Waals surface area contributed by atoms with Gasteiger partial charge in [-0.05, 0) is 48.8 Å². The summed E-state index contributed by atoms with van der Waals surface area (Å²) >= 11 is 6.44. The number of benzene rings is 1. The Morgan fingerprint density at radius 2 is 2.18 bits per heavy atom. The van der Waals surface area contributed by atoms with Crippen molar-refractivity contribution < 1.29 is 5.11 Å². The number of anilines is 2. The SMILES string of the molecule is CC1(C)C[C@H](Nc2nc(NCCc3ccc(-n4ccnc4)c(Cl)c3)ncc2C#N)CC[C@@H]1O. The number of imidazole rings is 1. The first-order chi connectivity index (χ1) is 15.9. The van der Waals surface area contributed by atoms with Crippen LogP contribution in [0.1, 0.15) is 44.2 Å². The Balaban J connectivity index is 1.38. The Labute approximate surface area is 198 Å². The summed E-state index contributed by atoms with van der Waals surface area (Å²) in [6.07, 6.45) is 9.62. The van der Waals surface area contributed by atoms with E-state index in [0.29, 0.717) is 28.9 Å². The largest absolute Gasteiger partial charge is 0.393 e. The van der Waals surface area contributed by atoms with Crippen LogP contribution in [0.15, 0.2) is 43.1 Å². The maximum absolute atomic E-state index is 10.2. The number of nitrogens with one attached hydrogen (secondary N) is 2. The molecule has 4 rings (SSSR count). The summed E-state index contributed by atoms with van der Waals surface area (Å²) < 4.78 is 1.87. The average Bonchev–Trinajstić information content (AvgIpc) is 3.31. The van der Waals surface area contributed by atoms with Gasteiger partial charge in [0, 0.05) is 25.0 Å². The van der Waals surface area contributed by atoms with Crippen molar-refractivity contribution in [3.05, 3.63) is 59.3 Å². The second-order valence-corrected chi connectivity index (χ2v) is 9.53. The molecule has 0 saturated heterocycles.